The maximum absolute atomic E-state index is 13.1. The van der Waals surface area contributed by atoms with Crippen molar-refractivity contribution in [2.24, 2.45) is 5.73 Å². The maximum atomic E-state index is 13.1. The Morgan fingerprint density at radius 2 is 1.93 bits per heavy atom. The molecule has 2 N–H and O–H groups in total. The van der Waals surface area contributed by atoms with Gasteiger partial charge >= 0.3 is 0 Å². The van der Waals surface area contributed by atoms with Crippen molar-refractivity contribution in [3.05, 3.63) is 41.0 Å². The van der Waals surface area contributed by atoms with Gasteiger partial charge < -0.3 is 5.73 Å². The van der Waals surface area contributed by atoms with E-state index in [9.17, 15) is 9.18 Å². The first-order valence-electron chi connectivity index (χ1n) is 4.15. The van der Waals surface area contributed by atoms with E-state index in [1.54, 1.807) is 24.3 Å². The number of hydrogen-bond donors (Lipinski definition) is 1. The summed E-state index contributed by atoms with van der Waals surface area (Å²) >= 11 is 5.68. The fourth-order valence-corrected chi connectivity index (χ4v) is 1.67. The van der Waals surface area contributed by atoms with Crippen molar-refractivity contribution in [1.82, 2.24) is 0 Å². The topological polar surface area (TPSA) is 43.1 Å². The summed E-state index contributed by atoms with van der Waals surface area (Å²) in [5.41, 5.74) is 4.56. The summed E-state index contributed by atoms with van der Waals surface area (Å²) in [4.78, 5) is 11.1. The molecule has 1 fully saturated rings. The predicted octanol–water partition coefficient (Wildman–Crippen LogP) is 1.97. The molecule has 14 heavy (non-hydrogen) atoms. The second-order valence-corrected chi connectivity index (χ2v) is 3.79. The minimum Gasteiger partial charge on any atom is -0.369 e. The van der Waals surface area contributed by atoms with E-state index < -0.39 is 11.3 Å². The molecule has 1 radical (unpaired) electrons. The lowest BCUT2D eigenvalue weighted by Gasteiger charge is -2.10. The molecule has 0 spiro atoms. The summed E-state index contributed by atoms with van der Waals surface area (Å²) in [6.45, 7) is 0. The van der Waals surface area contributed by atoms with Crippen molar-refractivity contribution in [3.63, 3.8) is 0 Å². The average molecular weight is 213 g/mol. The quantitative estimate of drug-likeness (QED) is 0.800. The van der Waals surface area contributed by atoms with Crippen LogP contribution in [0.3, 0.4) is 0 Å². The van der Waals surface area contributed by atoms with Gasteiger partial charge in [-0.2, -0.15) is 0 Å². The molecule has 2 rings (SSSR count). The predicted molar refractivity (Wildman–Crippen MR) is 51.3 cm³/mol. The molecule has 0 aromatic heterocycles. The molecule has 1 unspecified atom stereocenters. The second kappa shape index (κ2) is 2.95. The molecule has 73 valence electrons. The third-order valence-electron chi connectivity index (χ3n) is 2.52. The summed E-state index contributed by atoms with van der Waals surface area (Å²) in [6.07, 6.45) is -0.267. The Morgan fingerprint density at radius 3 is 2.29 bits per heavy atom. The summed E-state index contributed by atoms with van der Waals surface area (Å²) in [6, 6.07) is 6.49. The molecule has 2 nitrogen and oxygen atoms in total. The number of primary amides is 1. The minimum absolute atomic E-state index is 0.101. The summed E-state index contributed by atoms with van der Waals surface area (Å²) in [5, 5.41) is 0.550. The van der Waals surface area contributed by atoms with Gasteiger partial charge in [-0.05, 0) is 17.7 Å². The van der Waals surface area contributed by atoms with Gasteiger partial charge in [0, 0.05) is 11.4 Å². The van der Waals surface area contributed by atoms with E-state index in [0.717, 1.165) is 0 Å². The van der Waals surface area contributed by atoms with Crippen molar-refractivity contribution in [1.29, 1.82) is 0 Å². The van der Waals surface area contributed by atoms with Crippen molar-refractivity contribution in [2.45, 2.75) is 11.8 Å². The SMILES string of the molecule is NC(=O)C1(c2ccc(Cl)cc2)C[C]1F. The smallest absolute Gasteiger partial charge is 0.231 e. The molecule has 1 aromatic carbocycles. The number of carbonyl (C=O) groups is 1. The van der Waals surface area contributed by atoms with E-state index in [4.69, 9.17) is 17.3 Å². The number of amides is 1. The van der Waals surface area contributed by atoms with E-state index in [-0.39, 0.29) is 12.6 Å². The molecule has 1 aliphatic carbocycles. The van der Waals surface area contributed by atoms with Gasteiger partial charge in [0.2, 0.25) is 5.91 Å². The molecule has 0 bridgehead atoms. The van der Waals surface area contributed by atoms with Crippen LogP contribution in [0.1, 0.15) is 12.0 Å². The number of benzene rings is 1. The van der Waals surface area contributed by atoms with Crippen LogP contribution in [-0.2, 0) is 10.2 Å². The highest BCUT2D eigenvalue weighted by molar-refractivity contribution is 6.30. The first-order chi connectivity index (χ1) is 6.57. The van der Waals surface area contributed by atoms with E-state index in [0.29, 0.717) is 10.6 Å². The molecule has 1 saturated carbocycles. The lowest BCUT2D eigenvalue weighted by molar-refractivity contribution is -0.120. The zero-order valence-electron chi connectivity index (χ0n) is 7.26. The minimum atomic E-state index is -1.18. The van der Waals surface area contributed by atoms with Crippen LogP contribution in [0.2, 0.25) is 5.02 Å². The van der Waals surface area contributed by atoms with Gasteiger partial charge in [0.1, 0.15) is 5.41 Å². The number of rotatable bonds is 2. The number of hydrogen-bond acceptors (Lipinski definition) is 1. The molecule has 1 aromatic rings. The Bertz CT molecular complexity index is 378. The van der Waals surface area contributed by atoms with Gasteiger partial charge in [-0.3, -0.25) is 4.79 Å². The number of carbonyl (C=O) groups excluding carboxylic acids is 1. The van der Waals surface area contributed by atoms with Gasteiger partial charge in [0.25, 0.3) is 0 Å². The largest absolute Gasteiger partial charge is 0.369 e. The summed E-state index contributed by atoms with van der Waals surface area (Å²) in [5.74, 6) is -0.641. The third kappa shape index (κ3) is 1.20. The zero-order valence-corrected chi connectivity index (χ0v) is 8.01. The van der Waals surface area contributed by atoms with Crippen LogP contribution in [0.25, 0.3) is 0 Å². The van der Waals surface area contributed by atoms with Crippen LogP contribution >= 0.6 is 11.6 Å². The average Bonchev–Trinajstić information content (AvgIpc) is 2.80. The second-order valence-electron chi connectivity index (χ2n) is 3.36. The van der Waals surface area contributed by atoms with Crippen LogP contribution in [0, 0.1) is 6.17 Å². The van der Waals surface area contributed by atoms with Crippen LogP contribution < -0.4 is 5.73 Å². The fourth-order valence-electron chi connectivity index (χ4n) is 1.54. The van der Waals surface area contributed by atoms with Gasteiger partial charge in [0.05, 0.1) is 0 Å². The number of halogens is 2. The highest BCUT2D eigenvalue weighted by Gasteiger charge is 2.62. The lowest BCUT2D eigenvalue weighted by Crippen LogP contribution is -2.29. The number of nitrogens with two attached hydrogens (primary N) is 1. The van der Waals surface area contributed by atoms with Crippen LogP contribution in [0.4, 0.5) is 4.39 Å². The Kier molecular flexibility index (Phi) is 2.00. The van der Waals surface area contributed by atoms with Crippen molar-refractivity contribution >= 4 is 17.5 Å². The molecular weight excluding hydrogens is 205 g/mol. The van der Waals surface area contributed by atoms with E-state index >= 15 is 0 Å². The summed E-state index contributed by atoms with van der Waals surface area (Å²) < 4.78 is 13.1. The third-order valence-corrected chi connectivity index (χ3v) is 2.77. The molecule has 1 atom stereocenters. The summed E-state index contributed by atoms with van der Waals surface area (Å²) in [7, 11) is 0. The molecular formula is C10H8ClFNO. The van der Waals surface area contributed by atoms with Crippen LogP contribution in [0.15, 0.2) is 24.3 Å². The molecule has 0 saturated heterocycles. The zero-order chi connectivity index (χ0) is 10.3. The van der Waals surface area contributed by atoms with E-state index in [2.05, 4.69) is 0 Å². The highest BCUT2D eigenvalue weighted by atomic mass is 35.5. The molecule has 1 aliphatic rings. The first kappa shape index (κ1) is 9.46. The monoisotopic (exact) mass is 212 g/mol. The Hall–Kier alpha value is -1.09. The van der Waals surface area contributed by atoms with Crippen molar-refractivity contribution < 1.29 is 9.18 Å². The standard InChI is InChI=1S/C10H8ClFNO/c11-7-3-1-6(2-4-7)10(9(13)14)5-8(10)12/h1-4H,5H2,(H2,13,14). The van der Waals surface area contributed by atoms with Crippen molar-refractivity contribution in [3.8, 4) is 0 Å². The lowest BCUT2D eigenvalue weighted by atomic mass is 9.95. The Morgan fingerprint density at radius 1 is 1.43 bits per heavy atom. The van der Waals surface area contributed by atoms with Crippen LogP contribution in [0.5, 0.6) is 0 Å². The van der Waals surface area contributed by atoms with Gasteiger partial charge in [-0.25, -0.2) is 4.39 Å². The highest BCUT2D eigenvalue weighted by Crippen LogP contribution is 2.56. The molecule has 4 heteroatoms. The Labute approximate surface area is 85.9 Å². The van der Waals surface area contributed by atoms with Gasteiger partial charge in [0.15, 0.2) is 6.17 Å². The molecule has 0 aliphatic heterocycles. The molecule has 1 amide bonds. The van der Waals surface area contributed by atoms with Crippen LogP contribution in [-0.4, -0.2) is 5.91 Å². The normalized spacial score (nSPS) is 26.1. The Balaban J connectivity index is 2.39. The van der Waals surface area contributed by atoms with E-state index in [1.165, 1.54) is 0 Å². The fraction of sp³-hybridized carbons (Fsp3) is 0.200. The maximum Gasteiger partial charge on any atom is 0.231 e. The van der Waals surface area contributed by atoms with E-state index in [1.807, 2.05) is 0 Å². The van der Waals surface area contributed by atoms with Gasteiger partial charge in [-0.15, -0.1) is 0 Å². The van der Waals surface area contributed by atoms with Gasteiger partial charge in [-0.1, -0.05) is 23.7 Å². The van der Waals surface area contributed by atoms with Crippen molar-refractivity contribution in [2.75, 3.05) is 0 Å². The molecule has 0 heterocycles. The first-order valence-corrected chi connectivity index (χ1v) is 4.53.